The van der Waals surface area contributed by atoms with E-state index in [1.165, 1.54) is 0 Å². The van der Waals surface area contributed by atoms with Gasteiger partial charge in [0.1, 0.15) is 11.6 Å². The molecule has 0 aromatic carbocycles. The molecule has 1 aliphatic heterocycles. The van der Waals surface area contributed by atoms with Crippen molar-refractivity contribution in [1.82, 2.24) is 25.0 Å². The van der Waals surface area contributed by atoms with E-state index in [1.807, 2.05) is 12.1 Å². The van der Waals surface area contributed by atoms with Crippen LogP contribution < -0.4 is 9.64 Å². The molecule has 3 aromatic rings. The summed E-state index contributed by atoms with van der Waals surface area (Å²) in [6, 6.07) is 4.08. The minimum Gasteiger partial charge on any atom is -0.496 e. The van der Waals surface area contributed by atoms with Crippen LogP contribution in [0.2, 0.25) is 0 Å². The molecule has 8 heteroatoms. The first-order chi connectivity index (χ1) is 11.3. The molecule has 23 heavy (non-hydrogen) atoms. The number of pyridine rings is 1. The van der Waals surface area contributed by atoms with Crippen molar-refractivity contribution in [3.05, 3.63) is 24.5 Å². The molecular formula is C15H18N6O2. The van der Waals surface area contributed by atoms with Crippen molar-refractivity contribution < 1.29 is 9.47 Å². The van der Waals surface area contributed by atoms with Gasteiger partial charge in [-0.1, -0.05) is 0 Å². The van der Waals surface area contributed by atoms with Gasteiger partial charge in [0.2, 0.25) is 0 Å². The van der Waals surface area contributed by atoms with Crippen molar-refractivity contribution in [3.8, 4) is 11.6 Å². The lowest BCUT2D eigenvalue weighted by Crippen LogP contribution is -2.44. The first kappa shape index (κ1) is 14.0. The average molecular weight is 314 g/mol. The fourth-order valence-corrected chi connectivity index (χ4v) is 2.89. The number of ether oxygens (including phenoxy) is 2. The number of aromatic amines is 1. The molecule has 0 radical (unpaired) electrons. The summed E-state index contributed by atoms with van der Waals surface area (Å²) in [4.78, 5) is 7.05. The minimum atomic E-state index is 0.266. The van der Waals surface area contributed by atoms with E-state index in [1.54, 1.807) is 24.2 Å². The Labute approximate surface area is 133 Å². The number of methoxy groups -OCH3 is 1. The normalized spacial score (nSPS) is 18.5. The first-order valence-corrected chi connectivity index (χ1v) is 7.55. The Morgan fingerprint density at radius 1 is 1.43 bits per heavy atom. The van der Waals surface area contributed by atoms with Gasteiger partial charge < -0.3 is 14.4 Å². The number of nitrogens with one attached hydrogen (secondary N) is 1. The molecule has 3 aromatic heterocycles. The van der Waals surface area contributed by atoms with Crippen molar-refractivity contribution >= 4 is 16.9 Å². The second kappa shape index (κ2) is 5.54. The molecule has 0 bridgehead atoms. The maximum Gasteiger partial charge on any atom is 0.170 e. The summed E-state index contributed by atoms with van der Waals surface area (Å²) in [6.07, 6.45) is 3.45. The summed E-state index contributed by atoms with van der Waals surface area (Å²) < 4.78 is 12.8. The van der Waals surface area contributed by atoms with Gasteiger partial charge in [-0.25, -0.2) is 4.98 Å². The Morgan fingerprint density at radius 3 is 3.09 bits per heavy atom. The Morgan fingerprint density at radius 2 is 2.35 bits per heavy atom. The molecular weight excluding hydrogens is 296 g/mol. The Hall–Kier alpha value is -2.61. The molecule has 8 nitrogen and oxygen atoms in total. The number of hydrogen-bond acceptors (Lipinski definition) is 6. The summed E-state index contributed by atoms with van der Waals surface area (Å²) in [6.45, 7) is 4.33. The molecule has 0 aliphatic carbocycles. The quantitative estimate of drug-likeness (QED) is 0.786. The van der Waals surface area contributed by atoms with Gasteiger partial charge >= 0.3 is 0 Å². The SMILES string of the molecule is COc1cc(N2CCOC[C@H]2C)nc2c1cnn2-c1ccn[nH]1. The summed E-state index contributed by atoms with van der Waals surface area (Å²) in [5.41, 5.74) is 0.738. The van der Waals surface area contributed by atoms with E-state index in [0.717, 1.165) is 35.0 Å². The lowest BCUT2D eigenvalue weighted by atomic mass is 10.2. The van der Waals surface area contributed by atoms with Crippen LogP contribution in [0.15, 0.2) is 24.5 Å². The predicted molar refractivity (Wildman–Crippen MR) is 85.2 cm³/mol. The van der Waals surface area contributed by atoms with Gasteiger partial charge in [0.05, 0.1) is 44.1 Å². The summed E-state index contributed by atoms with van der Waals surface area (Å²) >= 11 is 0. The molecule has 1 aliphatic rings. The third-order valence-corrected chi connectivity index (χ3v) is 4.09. The number of fused-ring (bicyclic) bond motifs is 1. The van der Waals surface area contributed by atoms with Gasteiger partial charge in [0.15, 0.2) is 11.5 Å². The third kappa shape index (κ3) is 2.31. The number of H-pyrrole nitrogens is 1. The van der Waals surface area contributed by atoms with Crippen LogP contribution in [0, 0.1) is 0 Å². The number of anilines is 1. The smallest absolute Gasteiger partial charge is 0.170 e. The van der Waals surface area contributed by atoms with Crippen LogP contribution in [0.3, 0.4) is 0 Å². The molecule has 0 saturated carbocycles. The van der Waals surface area contributed by atoms with Crippen LogP contribution in [0.4, 0.5) is 5.82 Å². The van der Waals surface area contributed by atoms with Gasteiger partial charge in [-0.2, -0.15) is 14.9 Å². The predicted octanol–water partition coefficient (Wildman–Crippen LogP) is 1.38. The second-order valence-corrected chi connectivity index (χ2v) is 5.54. The lowest BCUT2D eigenvalue weighted by molar-refractivity contribution is 0.0985. The summed E-state index contributed by atoms with van der Waals surface area (Å²) in [5, 5.41) is 12.2. The molecule has 0 amide bonds. The lowest BCUT2D eigenvalue weighted by Gasteiger charge is -2.34. The highest BCUT2D eigenvalue weighted by molar-refractivity contribution is 5.85. The van der Waals surface area contributed by atoms with E-state index in [2.05, 4.69) is 27.1 Å². The Balaban J connectivity index is 1.87. The number of aromatic nitrogens is 5. The van der Waals surface area contributed by atoms with Crippen LogP contribution >= 0.6 is 0 Å². The Kier molecular flexibility index (Phi) is 3.38. The van der Waals surface area contributed by atoms with Gasteiger partial charge in [0.25, 0.3) is 0 Å². The molecule has 4 heterocycles. The van der Waals surface area contributed by atoms with Gasteiger partial charge in [-0.3, -0.25) is 5.10 Å². The molecule has 1 fully saturated rings. The summed E-state index contributed by atoms with van der Waals surface area (Å²) in [5.74, 6) is 2.39. The van der Waals surface area contributed by atoms with Crippen LogP contribution in [-0.2, 0) is 4.74 Å². The van der Waals surface area contributed by atoms with Gasteiger partial charge in [-0.05, 0) is 6.92 Å². The molecule has 0 spiro atoms. The van der Waals surface area contributed by atoms with Gasteiger partial charge in [0, 0.05) is 18.7 Å². The zero-order valence-corrected chi connectivity index (χ0v) is 13.1. The van der Waals surface area contributed by atoms with Gasteiger partial charge in [-0.15, -0.1) is 0 Å². The molecule has 1 saturated heterocycles. The average Bonchev–Trinajstić information content (AvgIpc) is 3.23. The van der Waals surface area contributed by atoms with Crippen LogP contribution in [0.1, 0.15) is 6.92 Å². The standard InChI is InChI=1S/C15H18N6O2/c1-10-9-23-6-5-20(10)14-7-12(22-2)11-8-17-21(15(11)18-14)13-3-4-16-19-13/h3-4,7-8,10H,5-6,9H2,1-2H3,(H,16,19)/t10-/m1/s1. The monoisotopic (exact) mass is 314 g/mol. The first-order valence-electron chi connectivity index (χ1n) is 7.55. The molecule has 1 atom stereocenters. The Bertz CT molecular complexity index is 813. The number of hydrogen-bond donors (Lipinski definition) is 1. The highest BCUT2D eigenvalue weighted by Crippen LogP contribution is 2.31. The fourth-order valence-electron chi connectivity index (χ4n) is 2.89. The maximum atomic E-state index is 5.55. The van der Waals surface area contributed by atoms with Crippen LogP contribution in [0.5, 0.6) is 5.75 Å². The molecule has 0 unspecified atom stereocenters. The van der Waals surface area contributed by atoms with Crippen LogP contribution in [-0.4, -0.2) is 57.9 Å². The molecule has 1 N–H and O–H groups in total. The van der Waals surface area contributed by atoms with E-state index >= 15 is 0 Å². The number of nitrogens with zero attached hydrogens (tertiary/aromatic N) is 5. The second-order valence-electron chi connectivity index (χ2n) is 5.54. The minimum absolute atomic E-state index is 0.266. The fraction of sp³-hybridized carbons (Fsp3) is 0.400. The zero-order chi connectivity index (χ0) is 15.8. The number of morpholine rings is 1. The van der Waals surface area contributed by atoms with Crippen molar-refractivity contribution in [2.45, 2.75) is 13.0 Å². The highest BCUT2D eigenvalue weighted by atomic mass is 16.5. The van der Waals surface area contributed by atoms with E-state index in [4.69, 9.17) is 14.5 Å². The maximum absolute atomic E-state index is 5.55. The van der Waals surface area contributed by atoms with E-state index in [-0.39, 0.29) is 6.04 Å². The molecule has 4 rings (SSSR count). The zero-order valence-electron chi connectivity index (χ0n) is 13.1. The largest absolute Gasteiger partial charge is 0.496 e. The summed E-state index contributed by atoms with van der Waals surface area (Å²) in [7, 11) is 1.66. The van der Waals surface area contributed by atoms with Crippen LogP contribution in [0.25, 0.3) is 16.9 Å². The van der Waals surface area contributed by atoms with E-state index in [0.29, 0.717) is 13.2 Å². The van der Waals surface area contributed by atoms with E-state index in [9.17, 15) is 0 Å². The van der Waals surface area contributed by atoms with Crippen molar-refractivity contribution in [2.75, 3.05) is 31.8 Å². The van der Waals surface area contributed by atoms with E-state index < -0.39 is 0 Å². The van der Waals surface area contributed by atoms with Crippen molar-refractivity contribution in [2.24, 2.45) is 0 Å². The third-order valence-electron chi connectivity index (χ3n) is 4.09. The topological polar surface area (TPSA) is 81.1 Å². The highest BCUT2D eigenvalue weighted by Gasteiger charge is 2.23. The van der Waals surface area contributed by atoms with Crippen molar-refractivity contribution in [3.63, 3.8) is 0 Å². The number of rotatable bonds is 3. The molecule has 120 valence electrons. The van der Waals surface area contributed by atoms with Crippen molar-refractivity contribution in [1.29, 1.82) is 0 Å².